The summed E-state index contributed by atoms with van der Waals surface area (Å²) in [5.41, 5.74) is 7.48. The zero-order valence-electron chi connectivity index (χ0n) is 17.5. The normalized spacial score (nSPS) is 16.9. The molecule has 1 fully saturated rings. The van der Waals surface area contributed by atoms with E-state index < -0.39 is 0 Å². The maximum absolute atomic E-state index is 13.4. The highest BCUT2D eigenvalue weighted by atomic mass is 16.7. The Bertz CT molecular complexity index is 1250. The van der Waals surface area contributed by atoms with E-state index in [9.17, 15) is 4.79 Å². The van der Waals surface area contributed by atoms with E-state index >= 15 is 0 Å². The summed E-state index contributed by atoms with van der Waals surface area (Å²) in [6.45, 7) is 2.36. The molecule has 4 heteroatoms. The summed E-state index contributed by atoms with van der Waals surface area (Å²) < 4.78 is 10.9. The van der Waals surface area contributed by atoms with Crippen LogP contribution in [0.5, 0.6) is 11.5 Å². The average Bonchev–Trinajstić information content (AvgIpc) is 3.24. The average molecular weight is 409 g/mol. The van der Waals surface area contributed by atoms with E-state index in [2.05, 4.69) is 48.3 Å². The summed E-state index contributed by atoms with van der Waals surface area (Å²) in [4.78, 5) is 18.0. The van der Waals surface area contributed by atoms with Crippen molar-refractivity contribution in [2.45, 2.75) is 38.0 Å². The first-order valence-corrected chi connectivity index (χ1v) is 10.8. The van der Waals surface area contributed by atoms with Crippen LogP contribution in [0.25, 0.3) is 17.2 Å². The molecule has 6 rings (SSSR count). The Morgan fingerprint density at radius 1 is 1.06 bits per heavy atom. The van der Waals surface area contributed by atoms with E-state index in [4.69, 9.17) is 9.47 Å². The minimum Gasteiger partial charge on any atom is -0.454 e. The fraction of sp³-hybridized carbons (Fsp3) is 0.259. The van der Waals surface area contributed by atoms with E-state index in [0.29, 0.717) is 6.42 Å². The largest absolute Gasteiger partial charge is 0.454 e. The number of rotatable bonds is 5. The topological polar surface area (TPSA) is 48.4 Å². The van der Waals surface area contributed by atoms with Gasteiger partial charge in [0, 0.05) is 24.6 Å². The van der Waals surface area contributed by atoms with Crippen molar-refractivity contribution in [2.24, 2.45) is 0 Å². The lowest BCUT2D eigenvalue weighted by atomic mass is 9.87. The fourth-order valence-corrected chi connectivity index (χ4v) is 4.76. The van der Waals surface area contributed by atoms with Crippen LogP contribution in [0.3, 0.4) is 0 Å². The molecular weight excluding hydrogens is 386 g/mol. The first-order chi connectivity index (χ1) is 15.1. The highest BCUT2D eigenvalue weighted by molar-refractivity contribution is 5.95. The van der Waals surface area contributed by atoms with Crippen LogP contribution in [0.1, 0.15) is 40.8 Å². The van der Waals surface area contributed by atoms with Crippen LogP contribution in [0.2, 0.25) is 0 Å². The van der Waals surface area contributed by atoms with Gasteiger partial charge in [-0.3, -0.25) is 9.78 Å². The van der Waals surface area contributed by atoms with Gasteiger partial charge in [-0.1, -0.05) is 36.4 Å². The van der Waals surface area contributed by atoms with Crippen molar-refractivity contribution in [1.82, 2.24) is 4.98 Å². The Labute approximate surface area is 181 Å². The minimum atomic E-state index is -0.383. The highest BCUT2D eigenvalue weighted by Gasteiger charge is 2.50. The van der Waals surface area contributed by atoms with Gasteiger partial charge < -0.3 is 9.47 Å². The first kappa shape index (κ1) is 18.4. The highest BCUT2D eigenvalue weighted by Crippen LogP contribution is 2.51. The van der Waals surface area contributed by atoms with Gasteiger partial charge in [-0.25, -0.2) is 0 Å². The third-order valence-electron chi connectivity index (χ3n) is 6.80. The minimum absolute atomic E-state index is 0.249. The summed E-state index contributed by atoms with van der Waals surface area (Å²) in [7, 11) is 0. The van der Waals surface area contributed by atoms with Crippen LogP contribution in [-0.2, 0) is 23.1 Å². The van der Waals surface area contributed by atoms with Gasteiger partial charge in [0.25, 0.3) is 0 Å². The molecule has 2 aromatic carbocycles. The third-order valence-corrected chi connectivity index (χ3v) is 6.80. The van der Waals surface area contributed by atoms with E-state index in [0.717, 1.165) is 58.7 Å². The third kappa shape index (κ3) is 3.05. The smallest absolute Gasteiger partial charge is 0.231 e. The number of ether oxygens (including phenoxy) is 2. The Hall–Kier alpha value is -3.40. The van der Waals surface area contributed by atoms with Crippen LogP contribution in [0, 0.1) is 6.92 Å². The summed E-state index contributed by atoms with van der Waals surface area (Å²) >= 11 is 0. The van der Waals surface area contributed by atoms with Gasteiger partial charge in [0.15, 0.2) is 11.5 Å². The maximum atomic E-state index is 13.4. The van der Waals surface area contributed by atoms with Gasteiger partial charge in [-0.05, 0) is 65.8 Å². The molecule has 1 aliphatic heterocycles. The van der Waals surface area contributed by atoms with E-state index in [1.165, 1.54) is 11.1 Å². The summed E-state index contributed by atoms with van der Waals surface area (Å²) in [5.74, 6) is 1.77. The lowest BCUT2D eigenvalue weighted by Gasteiger charge is -2.16. The van der Waals surface area contributed by atoms with Crippen molar-refractivity contribution in [3.63, 3.8) is 0 Å². The standard InChI is InChI=1S/C27H23NO3/c1-17-5-6-18(11-22(17)20-13-19-3-2-4-23(19)28-15-20)12-26(29)27(9-10-27)21-7-8-24-25(14-21)31-16-30-24/h2-3,5-8,11,13-15H,4,9-10,12,16H2,1H3. The number of Topliss-reactive ketones (excluding diaryl/α,β-unsaturated/α-hetero) is 1. The van der Waals surface area contributed by atoms with Crippen LogP contribution >= 0.6 is 0 Å². The molecule has 0 atom stereocenters. The molecule has 1 saturated carbocycles. The first-order valence-electron chi connectivity index (χ1n) is 10.8. The fourth-order valence-electron chi connectivity index (χ4n) is 4.76. The molecule has 0 amide bonds. The second-order valence-electron chi connectivity index (χ2n) is 8.77. The van der Waals surface area contributed by atoms with Crippen molar-refractivity contribution in [3.05, 3.63) is 82.7 Å². The van der Waals surface area contributed by atoms with Crippen LogP contribution in [0.15, 0.2) is 54.7 Å². The summed E-state index contributed by atoms with van der Waals surface area (Å²) in [6, 6.07) is 14.5. The molecule has 1 aromatic heterocycles. The van der Waals surface area contributed by atoms with Gasteiger partial charge in [0.05, 0.1) is 11.1 Å². The zero-order valence-corrected chi connectivity index (χ0v) is 17.5. The van der Waals surface area contributed by atoms with Gasteiger partial charge in [-0.2, -0.15) is 0 Å². The predicted molar refractivity (Wildman–Crippen MR) is 119 cm³/mol. The lowest BCUT2D eigenvalue weighted by Crippen LogP contribution is -2.22. The number of carbonyl (C=O) groups excluding carboxylic acids is 1. The monoisotopic (exact) mass is 409 g/mol. The quantitative estimate of drug-likeness (QED) is 0.581. The van der Waals surface area contributed by atoms with Gasteiger partial charge in [0.1, 0.15) is 5.78 Å². The van der Waals surface area contributed by atoms with E-state index in [-0.39, 0.29) is 18.0 Å². The molecule has 0 saturated heterocycles. The molecule has 0 spiro atoms. The van der Waals surface area contributed by atoms with Crippen molar-refractivity contribution >= 4 is 11.9 Å². The van der Waals surface area contributed by atoms with Crippen molar-refractivity contribution in [3.8, 4) is 22.6 Å². The van der Waals surface area contributed by atoms with Crippen LogP contribution in [0.4, 0.5) is 0 Å². The second-order valence-corrected chi connectivity index (χ2v) is 8.77. The van der Waals surface area contributed by atoms with Crippen molar-refractivity contribution in [1.29, 1.82) is 0 Å². The molecule has 0 bridgehead atoms. The van der Waals surface area contributed by atoms with Crippen LogP contribution < -0.4 is 9.47 Å². The number of benzene rings is 2. The molecule has 2 aliphatic carbocycles. The lowest BCUT2D eigenvalue weighted by molar-refractivity contribution is -0.120. The molecule has 0 unspecified atom stereocenters. The Kier molecular flexibility index (Phi) is 4.04. The zero-order chi connectivity index (χ0) is 21.0. The molecule has 2 heterocycles. The molecular formula is C27H23NO3. The molecule has 0 N–H and O–H groups in total. The molecule has 4 nitrogen and oxygen atoms in total. The van der Waals surface area contributed by atoms with Crippen molar-refractivity contribution < 1.29 is 14.3 Å². The Morgan fingerprint density at radius 2 is 1.94 bits per heavy atom. The number of hydrogen-bond donors (Lipinski definition) is 0. The van der Waals surface area contributed by atoms with Crippen LogP contribution in [-0.4, -0.2) is 17.6 Å². The Morgan fingerprint density at radius 3 is 2.81 bits per heavy atom. The predicted octanol–water partition coefficient (Wildman–Crippen LogP) is 5.20. The Balaban J connectivity index is 1.28. The number of fused-ring (bicyclic) bond motifs is 2. The number of aromatic nitrogens is 1. The van der Waals surface area contributed by atoms with E-state index in [1.807, 2.05) is 24.4 Å². The maximum Gasteiger partial charge on any atom is 0.231 e. The second kappa shape index (κ2) is 6.81. The molecule has 0 radical (unpaired) electrons. The number of hydrogen-bond acceptors (Lipinski definition) is 4. The number of ketones is 1. The molecule has 3 aromatic rings. The molecule has 3 aliphatic rings. The summed E-state index contributed by atoms with van der Waals surface area (Å²) in [5, 5.41) is 0. The number of pyridine rings is 1. The molecule has 31 heavy (non-hydrogen) atoms. The number of carbonyl (C=O) groups is 1. The van der Waals surface area contributed by atoms with Gasteiger partial charge in [-0.15, -0.1) is 0 Å². The number of nitrogens with zero attached hydrogens (tertiary/aromatic N) is 1. The molecule has 154 valence electrons. The summed E-state index contributed by atoms with van der Waals surface area (Å²) in [6.07, 6.45) is 9.36. The SMILES string of the molecule is Cc1ccc(CC(=O)C2(c3ccc4c(c3)OCO4)CC2)cc1-c1cnc2c(c1)C=CC2. The van der Waals surface area contributed by atoms with Gasteiger partial charge >= 0.3 is 0 Å². The van der Waals surface area contributed by atoms with Crippen molar-refractivity contribution in [2.75, 3.05) is 6.79 Å². The van der Waals surface area contributed by atoms with E-state index in [1.54, 1.807) is 0 Å². The number of allylic oxidation sites excluding steroid dienone is 1. The number of aryl methyl sites for hydroxylation is 1. The van der Waals surface area contributed by atoms with Gasteiger partial charge in [0.2, 0.25) is 6.79 Å².